The van der Waals surface area contributed by atoms with E-state index in [0.717, 1.165) is 5.56 Å². The predicted molar refractivity (Wildman–Crippen MR) is 59.6 cm³/mol. The van der Waals surface area contributed by atoms with E-state index in [1.165, 1.54) is 0 Å². The molecule has 2 rings (SSSR count). The largest absolute Gasteiger partial charge is 0.433 e. The van der Waals surface area contributed by atoms with Crippen molar-refractivity contribution in [3.63, 3.8) is 0 Å². The molecule has 91 valence electrons. The zero-order valence-corrected chi connectivity index (χ0v) is 9.17. The number of nitrogens with one attached hydrogen (secondary N) is 1. The molecule has 1 radical (unpaired) electrons. The van der Waals surface area contributed by atoms with E-state index in [4.69, 9.17) is 6.42 Å². The van der Waals surface area contributed by atoms with Gasteiger partial charge >= 0.3 is 6.18 Å². The fourth-order valence-corrected chi connectivity index (χ4v) is 1.56. The third-order valence-corrected chi connectivity index (χ3v) is 2.45. The quantitative estimate of drug-likeness (QED) is 0.814. The van der Waals surface area contributed by atoms with Gasteiger partial charge in [0.1, 0.15) is 11.9 Å². The lowest BCUT2D eigenvalue weighted by Gasteiger charge is -2.06. The predicted octanol–water partition coefficient (Wildman–Crippen LogP) is 2.80. The van der Waals surface area contributed by atoms with Gasteiger partial charge in [0.2, 0.25) is 0 Å². The summed E-state index contributed by atoms with van der Waals surface area (Å²) in [4.78, 5) is 0. The topological polar surface area (TPSA) is 28.7 Å². The summed E-state index contributed by atoms with van der Waals surface area (Å²) >= 11 is 0. The highest BCUT2D eigenvalue weighted by atomic mass is 19.4. The van der Waals surface area contributed by atoms with Crippen molar-refractivity contribution in [3.05, 3.63) is 52.8 Å². The summed E-state index contributed by atoms with van der Waals surface area (Å²) in [6.07, 6.45) is 3.18. The maximum absolute atomic E-state index is 12.6. The molecule has 0 aliphatic carbocycles. The number of rotatable bonds is 2. The van der Waals surface area contributed by atoms with Gasteiger partial charge in [-0.05, 0) is 17.7 Å². The zero-order valence-electron chi connectivity index (χ0n) is 9.17. The van der Waals surface area contributed by atoms with Gasteiger partial charge in [-0.25, -0.2) is 0 Å². The summed E-state index contributed by atoms with van der Waals surface area (Å²) in [5, 5.41) is 5.24. The first-order chi connectivity index (χ1) is 8.50. The molecule has 0 atom stereocenters. The van der Waals surface area contributed by atoms with Gasteiger partial charge in [-0.15, -0.1) is 6.42 Å². The number of nitrogens with zero attached hydrogens (tertiary/aromatic N) is 1. The number of terminal acetylenes is 1. The van der Waals surface area contributed by atoms with Gasteiger partial charge in [-0.2, -0.15) is 18.3 Å². The van der Waals surface area contributed by atoms with Crippen molar-refractivity contribution in [2.75, 3.05) is 0 Å². The second-order valence-corrected chi connectivity index (χ2v) is 3.70. The van der Waals surface area contributed by atoms with E-state index in [1.807, 2.05) is 5.10 Å². The van der Waals surface area contributed by atoms with Crippen LogP contribution in [-0.4, -0.2) is 10.2 Å². The minimum absolute atomic E-state index is 0.00374. The molecule has 1 heterocycles. The lowest BCUT2D eigenvalue weighted by atomic mass is 10.0. The Morgan fingerprint density at radius 3 is 2.50 bits per heavy atom. The first-order valence-electron chi connectivity index (χ1n) is 5.08. The van der Waals surface area contributed by atoms with Crippen LogP contribution in [0.25, 0.3) is 0 Å². The summed E-state index contributed by atoms with van der Waals surface area (Å²) in [7, 11) is 0. The molecule has 1 aromatic heterocycles. The molecule has 0 spiro atoms. The third-order valence-electron chi connectivity index (χ3n) is 2.45. The van der Waals surface area contributed by atoms with Crippen LogP contribution in [0.3, 0.4) is 0 Å². The Labute approximate surface area is 102 Å². The van der Waals surface area contributed by atoms with E-state index in [1.54, 1.807) is 24.3 Å². The van der Waals surface area contributed by atoms with Gasteiger partial charge in [0.15, 0.2) is 0 Å². The highest BCUT2D eigenvalue weighted by Crippen LogP contribution is 2.30. The maximum atomic E-state index is 12.6. The van der Waals surface area contributed by atoms with Crippen LogP contribution in [0, 0.1) is 18.5 Å². The zero-order chi connectivity index (χ0) is 13.2. The Morgan fingerprint density at radius 2 is 1.94 bits per heavy atom. The molecule has 0 unspecified atom stereocenters. The number of halogens is 3. The van der Waals surface area contributed by atoms with Crippen molar-refractivity contribution in [2.24, 2.45) is 0 Å². The molecule has 0 saturated carbocycles. The molecule has 1 aromatic carbocycles. The molecule has 0 aliphatic heterocycles. The van der Waals surface area contributed by atoms with Gasteiger partial charge in [0.25, 0.3) is 0 Å². The van der Waals surface area contributed by atoms with Crippen LogP contribution < -0.4 is 0 Å². The molecule has 0 fully saturated rings. The van der Waals surface area contributed by atoms with Gasteiger partial charge < -0.3 is 0 Å². The minimum atomic E-state index is -4.44. The number of hydrogen-bond donors (Lipinski definition) is 1. The summed E-state index contributed by atoms with van der Waals surface area (Å²) in [5.41, 5.74) is 0.544. The highest BCUT2D eigenvalue weighted by molar-refractivity contribution is 5.36. The Morgan fingerprint density at radius 1 is 1.28 bits per heavy atom. The van der Waals surface area contributed by atoms with Crippen molar-refractivity contribution in [2.45, 2.75) is 12.6 Å². The Hall–Kier alpha value is -2.22. The van der Waals surface area contributed by atoms with E-state index in [2.05, 4.69) is 17.2 Å². The summed E-state index contributed by atoms with van der Waals surface area (Å²) in [5.74, 6) is 2.44. The Kier molecular flexibility index (Phi) is 3.11. The van der Waals surface area contributed by atoms with Crippen molar-refractivity contribution >= 4 is 0 Å². The Bertz CT molecular complexity index is 574. The standard InChI is InChI=1S/C13H8F3N2/c1-2-9-3-5-10(6-4-9)7-11-8-17-18-12(11)13(14,15)16/h1,3-6H,7H2,(H,17,18). The van der Waals surface area contributed by atoms with Crippen LogP contribution in [0.5, 0.6) is 0 Å². The van der Waals surface area contributed by atoms with Crippen LogP contribution in [0.15, 0.2) is 24.3 Å². The molecular formula is C13H8F3N2. The second kappa shape index (κ2) is 4.57. The third kappa shape index (κ3) is 2.54. The molecule has 2 nitrogen and oxygen atoms in total. The molecular weight excluding hydrogens is 241 g/mol. The van der Waals surface area contributed by atoms with E-state index in [-0.39, 0.29) is 12.0 Å². The van der Waals surface area contributed by atoms with Crippen LogP contribution >= 0.6 is 0 Å². The van der Waals surface area contributed by atoms with Crippen LogP contribution in [0.2, 0.25) is 0 Å². The molecule has 2 aromatic rings. The maximum Gasteiger partial charge on any atom is 0.433 e. The second-order valence-electron chi connectivity index (χ2n) is 3.70. The number of aromatic amines is 1. The van der Waals surface area contributed by atoms with E-state index in [9.17, 15) is 13.2 Å². The average molecular weight is 249 g/mol. The lowest BCUT2D eigenvalue weighted by Crippen LogP contribution is -2.09. The first kappa shape index (κ1) is 12.2. The molecule has 0 bridgehead atoms. The normalized spacial score (nSPS) is 11.2. The molecule has 0 amide bonds. The smallest absolute Gasteiger partial charge is 0.273 e. The van der Waals surface area contributed by atoms with E-state index < -0.39 is 11.9 Å². The van der Waals surface area contributed by atoms with Crippen molar-refractivity contribution in [1.82, 2.24) is 10.2 Å². The fraction of sp³-hybridized carbons (Fsp3) is 0.154. The van der Waals surface area contributed by atoms with Crippen LogP contribution in [-0.2, 0) is 12.6 Å². The lowest BCUT2D eigenvalue weighted by molar-refractivity contribution is -0.141. The monoisotopic (exact) mass is 249 g/mol. The molecule has 18 heavy (non-hydrogen) atoms. The van der Waals surface area contributed by atoms with Crippen LogP contribution in [0.4, 0.5) is 13.2 Å². The summed E-state index contributed by atoms with van der Waals surface area (Å²) in [6, 6.07) is 6.75. The van der Waals surface area contributed by atoms with Gasteiger partial charge in [-0.1, -0.05) is 18.1 Å². The average Bonchev–Trinajstić information content (AvgIpc) is 2.78. The molecule has 1 N–H and O–H groups in total. The van der Waals surface area contributed by atoms with E-state index >= 15 is 0 Å². The van der Waals surface area contributed by atoms with Crippen molar-refractivity contribution in [3.8, 4) is 12.3 Å². The van der Waals surface area contributed by atoms with E-state index in [0.29, 0.717) is 5.56 Å². The molecule has 0 saturated heterocycles. The summed E-state index contributed by atoms with van der Waals surface area (Å²) in [6.45, 7) is 0. The van der Waals surface area contributed by atoms with Gasteiger partial charge in [0, 0.05) is 17.5 Å². The van der Waals surface area contributed by atoms with Crippen LogP contribution in [0.1, 0.15) is 22.4 Å². The summed E-state index contributed by atoms with van der Waals surface area (Å²) < 4.78 is 37.8. The number of alkyl halides is 3. The number of benzene rings is 1. The van der Waals surface area contributed by atoms with Gasteiger partial charge in [0.05, 0.1) is 0 Å². The number of aromatic nitrogens is 2. The van der Waals surface area contributed by atoms with Crippen molar-refractivity contribution in [1.29, 1.82) is 0 Å². The number of H-pyrrole nitrogens is 1. The SMILES string of the molecule is C#Cc1ccc(Cc2[c]n[nH]c2C(F)(F)F)cc1. The molecule has 0 aliphatic rings. The van der Waals surface area contributed by atoms with Gasteiger partial charge in [-0.3, -0.25) is 5.10 Å². The fourth-order valence-electron chi connectivity index (χ4n) is 1.56. The molecule has 5 heteroatoms. The highest BCUT2D eigenvalue weighted by Gasteiger charge is 2.35. The van der Waals surface area contributed by atoms with Crippen molar-refractivity contribution < 1.29 is 13.2 Å². The Balaban J connectivity index is 2.24. The minimum Gasteiger partial charge on any atom is -0.273 e. The first-order valence-corrected chi connectivity index (χ1v) is 5.08. The number of hydrogen-bond acceptors (Lipinski definition) is 1.